The summed E-state index contributed by atoms with van der Waals surface area (Å²) in [6.45, 7) is 4.73. The fourth-order valence-electron chi connectivity index (χ4n) is 3.56. The number of rotatable bonds is 6. The maximum absolute atomic E-state index is 13.7. The molecular formula is C18H19F5N6O. The maximum Gasteiger partial charge on any atom is 0.420 e. The summed E-state index contributed by atoms with van der Waals surface area (Å²) in [6, 6.07) is 1.32. The summed E-state index contributed by atoms with van der Waals surface area (Å²) in [5, 5.41) is 6.54. The highest BCUT2D eigenvalue weighted by molar-refractivity contribution is 5.89. The van der Waals surface area contributed by atoms with Crippen molar-refractivity contribution in [3.05, 3.63) is 41.6 Å². The zero-order valence-electron chi connectivity index (χ0n) is 15.9. The number of carbonyl (C=O) groups excluding carboxylic acids is 1. The van der Waals surface area contributed by atoms with Crippen LogP contribution in [0.15, 0.2) is 18.8 Å². The first-order chi connectivity index (χ1) is 13.9. The Bertz CT molecular complexity index is 984. The van der Waals surface area contributed by atoms with Crippen molar-refractivity contribution in [1.82, 2.24) is 19.7 Å². The first kappa shape index (κ1) is 21.7. The normalized spacial score (nSPS) is 18.4. The van der Waals surface area contributed by atoms with Crippen LogP contribution >= 0.6 is 0 Å². The van der Waals surface area contributed by atoms with E-state index in [2.05, 4.69) is 27.0 Å². The van der Waals surface area contributed by atoms with Crippen molar-refractivity contribution in [2.45, 2.75) is 44.8 Å². The van der Waals surface area contributed by atoms with E-state index in [-0.39, 0.29) is 48.1 Å². The topological polar surface area (TPSA) is 98.7 Å². The second-order valence-electron chi connectivity index (χ2n) is 7.19. The molecule has 1 atom stereocenters. The van der Waals surface area contributed by atoms with Crippen molar-refractivity contribution in [1.29, 1.82) is 0 Å². The molecule has 1 unspecified atom stereocenters. The molecule has 162 valence electrons. The Morgan fingerprint density at radius 3 is 2.70 bits per heavy atom. The van der Waals surface area contributed by atoms with Crippen LogP contribution in [0.1, 0.15) is 46.8 Å². The van der Waals surface area contributed by atoms with Gasteiger partial charge in [-0.2, -0.15) is 18.3 Å². The van der Waals surface area contributed by atoms with Crippen LogP contribution in [0.3, 0.4) is 0 Å². The molecule has 2 aromatic rings. The number of primary amides is 1. The molecule has 1 saturated carbocycles. The number of nitrogens with two attached hydrogens (primary N) is 1. The standard InChI is InChI=1S/C18H19F5N6O/c1-9-13(18(21,22)23)14(29(28-9)8-11-3-5-17(19,20)7-11)10(2)26-12-4-6-25-16(27-12)15(24)30/h4,6,11H,2-3,5,7-8H2,1H3,(H2,24,30)(H,25,26,27). The highest BCUT2D eigenvalue weighted by Gasteiger charge is 2.42. The number of amides is 1. The van der Waals surface area contributed by atoms with Crippen molar-refractivity contribution in [2.24, 2.45) is 11.7 Å². The van der Waals surface area contributed by atoms with E-state index in [4.69, 9.17) is 5.73 Å². The summed E-state index contributed by atoms with van der Waals surface area (Å²) in [4.78, 5) is 18.7. The quantitative estimate of drug-likeness (QED) is 0.682. The first-order valence-electron chi connectivity index (χ1n) is 8.99. The lowest BCUT2D eigenvalue weighted by Gasteiger charge is -2.17. The average Bonchev–Trinajstić information content (AvgIpc) is 3.13. The molecule has 30 heavy (non-hydrogen) atoms. The van der Waals surface area contributed by atoms with Crippen LogP contribution in [0, 0.1) is 12.8 Å². The number of hydrogen-bond donors (Lipinski definition) is 2. The van der Waals surface area contributed by atoms with Gasteiger partial charge in [0.05, 0.1) is 17.1 Å². The van der Waals surface area contributed by atoms with Crippen molar-refractivity contribution in [2.75, 3.05) is 5.32 Å². The number of aromatic nitrogens is 4. The van der Waals surface area contributed by atoms with E-state index in [1.807, 2.05) is 0 Å². The van der Waals surface area contributed by atoms with Crippen molar-refractivity contribution in [3.8, 4) is 0 Å². The summed E-state index contributed by atoms with van der Waals surface area (Å²) in [5.41, 5.74) is 3.20. The van der Waals surface area contributed by atoms with E-state index in [9.17, 15) is 26.7 Å². The predicted octanol–water partition coefficient (Wildman–Crippen LogP) is 3.62. The van der Waals surface area contributed by atoms with Gasteiger partial charge in [-0.15, -0.1) is 0 Å². The number of aryl methyl sites for hydroxylation is 1. The Kier molecular flexibility index (Phi) is 5.52. The SMILES string of the molecule is C=C(Nc1ccnc(C(N)=O)n1)c1c(C(F)(F)F)c(C)nn1CC1CCC(F)(F)C1. The molecule has 0 aromatic carbocycles. The van der Waals surface area contributed by atoms with E-state index in [0.29, 0.717) is 0 Å². The third kappa shape index (κ3) is 4.57. The lowest BCUT2D eigenvalue weighted by Crippen LogP contribution is -2.19. The smallest absolute Gasteiger partial charge is 0.363 e. The molecule has 0 saturated heterocycles. The molecule has 2 aromatic heterocycles. The summed E-state index contributed by atoms with van der Waals surface area (Å²) in [5.74, 6) is -4.60. The summed E-state index contributed by atoms with van der Waals surface area (Å²) < 4.78 is 69.2. The third-order valence-corrected chi connectivity index (χ3v) is 4.79. The number of anilines is 1. The molecule has 0 radical (unpaired) electrons. The zero-order chi connectivity index (χ0) is 22.3. The molecule has 1 amide bonds. The molecule has 7 nitrogen and oxygen atoms in total. The predicted molar refractivity (Wildman–Crippen MR) is 97.5 cm³/mol. The Morgan fingerprint density at radius 2 is 2.13 bits per heavy atom. The van der Waals surface area contributed by atoms with E-state index in [0.717, 1.165) is 4.68 Å². The van der Waals surface area contributed by atoms with Gasteiger partial charge >= 0.3 is 6.18 Å². The van der Waals surface area contributed by atoms with Gasteiger partial charge in [0.15, 0.2) is 0 Å². The summed E-state index contributed by atoms with van der Waals surface area (Å²) in [7, 11) is 0. The first-order valence-corrected chi connectivity index (χ1v) is 8.99. The van der Waals surface area contributed by atoms with E-state index < -0.39 is 35.9 Å². The van der Waals surface area contributed by atoms with Gasteiger partial charge in [0.25, 0.3) is 5.91 Å². The second kappa shape index (κ2) is 7.65. The Balaban J connectivity index is 1.95. The molecule has 1 aliphatic rings. The largest absolute Gasteiger partial charge is 0.420 e. The van der Waals surface area contributed by atoms with Crippen LogP contribution in [0.5, 0.6) is 0 Å². The number of halogens is 5. The fraction of sp³-hybridized carbons (Fsp3) is 0.444. The van der Waals surface area contributed by atoms with Crippen molar-refractivity contribution < 1.29 is 26.7 Å². The van der Waals surface area contributed by atoms with Gasteiger partial charge in [-0.25, -0.2) is 18.7 Å². The number of alkyl halides is 5. The molecule has 2 heterocycles. The second-order valence-corrected chi connectivity index (χ2v) is 7.19. The molecule has 0 aliphatic heterocycles. The van der Waals surface area contributed by atoms with E-state index >= 15 is 0 Å². The van der Waals surface area contributed by atoms with Gasteiger partial charge in [-0.1, -0.05) is 6.58 Å². The van der Waals surface area contributed by atoms with Crippen LogP contribution in [0.4, 0.5) is 27.8 Å². The molecular weight excluding hydrogens is 411 g/mol. The molecule has 1 fully saturated rings. The lowest BCUT2D eigenvalue weighted by atomic mass is 10.1. The molecule has 0 spiro atoms. The zero-order valence-corrected chi connectivity index (χ0v) is 15.9. The molecule has 0 bridgehead atoms. The van der Waals surface area contributed by atoms with Gasteiger partial charge in [0.1, 0.15) is 11.4 Å². The highest BCUT2D eigenvalue weighted by Crippen LogP contribution is 2.41. The fourth-order valence-corrected chi connectivity index (χ4v) is 3.56. The molecule has 1 aliphatic carbocycles. The minimum absolute atomic E-state index is 0.00488. The van der Waals surface area contributed by atoms with Gasteiger partial charge in [0, 0.05) is 25.6 Å². The summed E-state index contributed by atoms with van der Waals surface area (Å²) >= 11 is 0. The van der Waals surface area contributed by atoms with E-state index in [1.54, 1.807) is 0 Å². The third-order valence-electron chi connectivity index (χ3n) is 4.79. The van der Waals surface area contributed by atoms with Crippen LogP contribution < -0.4 is 11.1 Å². The number of carbonyl (C=O) groups is 1. The van der Waals surface area contributed by atoms with Crippen LogP contribution in [0.2, 0.25) is 0 Å². The lowest BCUT2D eigenvalue weighted by molar-refractivity contribution is -0.138. The Hall–Kier alpha value is -3.05. The number of nitrogens with one attached hydrogen (secondary N) is 1. The molecule has 3 rings (SSSR count). The van der Waals surface area contributed by atoms with Crippen LogP contribution in [-0.2, 0) is 12.7 Å². The maximum atomic E-state index is 13.7. The highest BCUT2D eigenvalue weighted by atomic mass is 19.4. The van der Waals surface area contributed by atoms with E-state index in [1.165, 1.54) is 19.2 Å². The monoisotopic (exact) mass is 430 g/mol. The molecule has 12 heteroatoms. The van der Waals surface area contributed by atoms with Gasteiger partial charge in [0.2, 0.25) is 11.7 Å². The summed E-state index contributed by atoms with van der Waals surface area (Å²) in [6.07, 6.45) is -4.08. The minimum Gasteiger partial charge on any atom is -0.363 e. The average molecular weight is 430 g/mol. The Morgan fingerprint density at radius 1 is 1.43 bits per heavy atom. The number of hydrogen-bond acceptors (Lipinski definition) is 5. The van der Waals surface area contributed by atoms with Gasteiger partial charge < -0.3 is 11.1 Å². The van der Waals surface area contributed by atoms with Crippen LogP contribution in [-0.4, -0.2) is 31.6 Å². The minimum atomic E-state index is -4.74. The Labute approximate surface area is 168 Å². The van der Waals surface area contributed by atoms with Crippen LogP contribution in [0.25, 0.3) is 5.70 Å². The van der Waals surface area contributed by atoms with Gasteiger partial charge in [-0.05, 0) is 25.3 Å². The van der Waals surface area contributed by atoms with Gasteiger partial charge in [-0.3, -0.25) is 9.48 Å². The number of nitrogens with zero attached hydrogens (tertiary/aromatic N) is 4. The van der Waals surface area contributed by atoms with Crippen molar-refractivity contribution >= 4 is 17.4 Å². The van der Waals surface area contributed by atoms with Crippen molar-refractivity contribution in [3.63, 3.8) is 0 Å². The molecule has 3 N–H and O–H groups in total.